The highest BCUT2D eigenvalue weighted by Crippen LogP contribution is 2.41. The van der Waals surface area contributed by atoms with E-state index < -0.39 is 0 Å². The fourth-order valence-electron chi connectivity index (χ4n) is 1.07. The quantitative estimate of drug-likeness (QED) is 0.666. The van der Waals surface area contributed by atoms with E-state index in [0.717, 1.165) is 5.76 Å². The smallest absolute Gasteiger partial charge is 0.181 e. The topological polar surface area (TPSA) is 46.3 Å². The zero-order valence-electron chi connectivity index (χ0n) is 5.58. The summed E-state index contributed by atoms with van der Waals surface area (Å²) in [5, 5.41) is 8.76. The molecule has 10 heavy (non-hydrogen) atoms. The van der Waals surface area contributed by atoms with E-state index in [4.69, 9.17) is 9.52 Å². The van der Waals surface area contributed by atoms with E-state index in [-0.39, 0.29) is 6.61 Å². The minimum absolute atomic E-state index is 0.00231. The Balaban J connectivity index is 2.28. The number of aliphatic hydroxyl groups is 1. The molecule has 1 aliphatic rings. The van der Waals surface area contributed by atoms with E-state index >= 15 is 0 Å². The maximum atomic E-state index is 8.76. The fourth-order valence-corrected chi connectivity index (χ4v) is 1.07. The first-order valence-electron chi connectivity index (χ1n) is 3.45. The third kappa shape index (κ3) is 0.827. The van der Waals surface area contributed by atoms with Crippen molar-refractivity contribution in [3.05, 3.63) is 17.8 Å². The van der Waals surface area contributed by atoms with Crippen LogP contribution in [0.25, 0.3) is 0 Å². The molecule has 0 spiro atoms. The van der Waals surface area contributed by atoms with Crippen molar-refractivity contribution < 1.29 is 9.52 Å². The molecule has 0 saturated heterocycles. The Labute approximate surface area is 58.7 Å². The lowest BCUT2D eigenvalue weighted by molar-refractivity contribution is 0.274. The number of aromatic nitrogens is 1. The molecule has 1 aromatic rings. The summed E-state index contributed by atoms with van der Waals surface area (Å²) in [7, 11) is 0. The summed E-state index contributed by atoms with van der Waals surface area (Å²) in [6.45, 7) is 0.00231. The van der Waals surface area contributed by atoms with Crippen LogP contribution in [-0.4, -0.2) is 10.1 Å². The van der Waals surface area contributed by atoms with Gasteiger partial charge < -0.3 is 9.52 Å². The summed E-state index contributed by atoms with van der Waals surface area (Å²) in [5.74, 6) is 1.44. The number of oxazole rings is 1. The standard InChI is InChI=1S/C7H9NO2/c9-3-6-7(5-1-2-5)10-4-8-6/h4-5,9H,1-3H2. The van der Waals surface area contributed by atoms with Gasteiger partial charge in [0.25, 0.3) is 0 Å². The molecule has 3 nitrogen and oxygen atoms in total. The molecule has 0 radical (unpaired) electrons. The second-order valence-corrected chi connectivity index (χ2v) is 2.60. The van der Waals surface area contributed by atoms with Gasteiger partial charge >= 0.3 is 0 Å². The number of hydrogen-bond acceptors (Lipinski definition) is 3. The van der Waals surface area contributed by atoms with Gasteiger partial charge in [-0.3, -0.25) is 0 Å². The molecule has 1 N–H and O–H groups in total. The maximum Gasteiger partial charge on any atom is 0.181 e. The van der Waals surface area contributed by atoms with E-state index in [2.05, 4.69) is 4.98 Å². The van der Waals surface area contributed by atoms with Gasteiger partial charge in [-0.15, -0.1) is 0 Å². The van der Waals surface area contributed by atoms with Crippen molar-refractivity contribution in [2.45, 2.75) is 25.4 Å². The van der Waals surface area contributed by atoms with E-state index in [0.29, 0.717) is 11.6 Å². The highest BCUT2D eigenvalue weighted by atomic mass is 16.3. The zero-order valence-corrected chi connectivity index (χ0v) is 5.58. The molecule has 0 bridgehead atoms. The minimum atomic E-state index is 0.00231. The van der Waals surface area contributed by atoms with Crippen molar-refractivity contribution >= 4 is 0 Å². The average molecular weight is 139 g/mol. The molecule has 1 fully saturated rings. The largest absolute Gasteiger partial charge is 0.448 e. The first kappa shape index (κ1) is 5.92. The molecular weight excluding hydrogens is 130 g/mol. The minimum Gasteiger partial charge on any atom is -0.448 e. The van der Waals surface area contributed by atoms with Gasteiger partial charge in [0.1, 0.15) is 11.5 Å². The van der Waals surface area contributed by atoms with Crippen LogP contribution >= 0.6 is 0 Å². The highest BCUT2D eigenvalue weighted by Gasteiger charge is 2.29. The van der Waals surface area contributed by atoms with Crippen LogP contribution in [0.5, 0.6) is 0 Å². The molecule has 54 valence electrons. The summed E-state index contributed by atoms with van der Waals surface area (Å²) in [4.78, 5) is 3.88. The predicted molar refractivity (Wildman–Crippen MR) is 34.4 cm³/mol. The summed E-state index contributed by atoms with van der Waals surface area (Å²) >= 11 is 0. The van der Waals surface area contributed by atoms with Crippen LogP contribution in [0, 0.1) is 0 Å². The van der Waals surface area contributed by atoms with Gasteiger partial charge in [-0.05, 0) is 12.8 Å². The molecule has 1 heterocycles. The molecule has 1 aliphatic carbocycles. The van der Waals surface area contributed by atoms with Gasteiger partial charge in [0.2, 0.25) is 0 Å². The van der Waals surface area contributed by atoms with Gasteiger partial charge in [-0.1, -0.05) is 0 Å². The molecule has 0 unspecified atom stereocenters. The van der Waals surface area contributed by atoms with Crippen LogP contribution in [0.15, 0.2) is 10.8 Å². The van der Waals surface area contributed by atoms with Gasteiger partial charge in [-0.25, -0.2) is 4.98 Å². The predicted octanol–water partition coefficient (Wildman–Crippen LogP) is 1.04. The van der Waals surface area contributed by atoms with Gasteiger partial charge in [-0.2, -0.15) is 0 Å². The summed E-state index contributed by atoms with van der Waals surface area (Å²) < 4.78 is 5.11. The molecule has 0 atom stereocenters. The highest BCUT2D eigenvalue weighted by molar-refractivity contribution is 5.16. The zero-order chi connectivity index (χ0) is 6.97. The lowest BCUT2D eigenvalue weighted by atomic mass is 10.2. The van der Waals surface area contributed by atoms with E-state index in [1.54, 1.807) is 0 Å². The Hall–Kier alpha value is -0.830. The Kier molecular flexibility index (Phi) is 1.24. The lowest BCUT2D eigenvalue weighted by Gasteiger charge is -1.91. The van der Waals surface area contributed by atoms with Crippen molar-refractivity contribution in [2.75, 3.05) is 0 Å². The summed E-state index contributed by atoms with van der Waals surface area (Å²) in [6, 6.07) is 0. The molecule has 2 rings (SSSR count). The first-order valence-corrected chi connectivity index (χ1v) is 3.45. The van der Waals surface area contributed by atoms with Crippen LogP contribution < -0.4 is 0 Å². The van der Waals surface area contributed by atoms with Crippen LogP contribution in [-0.2, 0) is 6.61 Å². The lowest BCUT2D eigenvalue weighted by Crippen LogP contribution is -1.87. The summed E-state index contributed by atoms with van der Waals surface area (Å²) in [6.07, 6.45) is 3.77. The fraction of sp³-hybridized carbons (Fsp3) is 0.571. The third-order valence-corrected chi connectivity index (χ3v) is 1.77. The van der Waals surface area contributed by atoms with Crippen molar-refractivity contribution in [3.63, 3.8) is 0 Å². The average Bonchev–Trinajstić information content (AvgIpc) is 2.69. The summed E-state index contributed by atoms with van der Waals surface area (Å²) in [5.41, 5.74) is 0.711. The third-order valence-electron chi connectivity index (χ3n) is 1.77. The number of rotatable bonds is 2. The number of nitrogens with zero attached hydrogens (tertiary/aromatic N) is 1. The van der Waals surface area contributed by atoms with Crippen LogP contribution in [0.1, 0.15) is 30.2 Å². The van der Waals surface area contributed by atoms with Crippen LogP contribution in [0.3, 0.4) is 0 Å². The SMILES string of the molecule is OCc1ncoc1C1CC1. The van der Waals surface area contributed by atoms with E-state index in [1.807, 2.05) is 0 Å². The normalized spacial score (nSPS) is 17.7. The van der Waals surface area contributed by atoms with Crippen molar-refractivity contribution in [3.8, 4) is 0 Å². The molecule has 0 aromatic carbocycles. The molecular formula is C7H9NO2. The van der Waals surface area contributed by atoms with E-state index in [9.17, 15) is 0 Å². The maximum absolute atomic E-state index is 8.76. The Bertz CT molecular complexity index is 227. The van der Waals surface area contributed by atoms with Gasteiger partial charge in [0.05, 0.1) is 6.61 Å². The van der Waals surface area contributed by atoms with Crippen molar-refractivity contribution in [1.82, 2.24) is 4.98 Å². The van der Waals surface area contributed by atoms with Crippen LogP contribution in [0.4, 0.5) is 0 Å². The van der Waals surface area contributed by atoms with Gasteiger partial charge in [0.15, 0.2) is 6.39 Å². The Morgan fingerprint density at radius 2 is 2.50 bits per heavy atom. The van der Waals surface area contributed by atoms with Gasteiger partial charge in [0, 0.05) is 5.92 Å². The molecule has 1 saturated carbocycles. The number of aliphatic hydroxyl groups excluding tert-OH is 1. The van der Waals surface area contributed by atoms with Crippen molar-refractivity contribution in [1.29, 1.82) is 0 Å². The second-order valence-electron chi connectivity index (χ2n) is 2.60. The monoisotopic (exact) mass is 139 g/mol. The Morgan fingerprint density at radius 3 is 3.10 bits per heavy atom. The van der Waals surface area contributed by atoms with Crippen molar-refractivity contribution in [2.24, 2.45) is 0 Å². The number of hydrogen-bond donors (Lipinski definition) is 1. The molecule has 0 aliphatic heterocycles. The second kappa shape index (κ2) is 2.09. The molecule has 3 heteroatoms. The Morgan fingerprint density at radius 1 is 1.70 bits per heavy atom. The van der Waals surface area contributed by atoms with E-state index in [1.165, 1.54) is 19.2 Å². The first-order chi connectivity index (χ1) is 4.92. The molecule has 0 amide bonds. The van der Waals surface area contributed by atoms with Crippen LogP contribution in [0.2, 0.25) is 0 Å². The molecule has 1 aromatic heterocycles.